The van der Waals surface area contributed by atoms with Gasteiger partial charge in [-0.05, 0) is 12.0 Å². The summed E-state index contributed by atoms with van der Waals surface area (Å²) in [5.41, 5.74) is 0.932. The Kier molecular flexibility index (Phi) is 2.59. The van der Waals surface area contributed by atoms with E-state index in [2.05, 4.69) is 16.8 Å². The molecule has 1 aromatic rings. The van der Waals surface area contributed by atoms with Crippen LogP contribution in [0.5, 0.6) is 0 Å². The van der Waals surface area contributed by atoms with Crippen molar-refractivity contribution in [1.82, 2.24) is 4.98 Å². The van der Waals surface area contributed by atoms with Gasteiger partial charge in [0.05, 0.1) is 5.56 Å². The van der Waals surface area contributed by atoms with Crippen molar-refractivity contribution in [3.05, 3.63) is 29.6 Å². The molecule has 0 fully saturated rings. The minimum absolute atomic E-state index is 0.452. The SMILES string of the molecule is N#CC#Cc1cnccc1C=O. The van der Waals surface area contributed by atoms with E-state index in [9.17, 15) is 4.79 Å². The first kappa shape index (κ1) is 7.97. The van der Waals surface area contributed by atoms with E-state index in [4.69, 9.17) is 5.26 Å². The van der Waals surface area contributed by atoms with Crippen molar-refractivity contribution in [2.24, 2.45) is 0 Å². The molecule has 3 nitrogen and oxygen atoms in total. The summed E-state index contributed by atoms with van der Waals surface area (Å²) >= 11 is 0. The molecule has 1 rings (SSSR count). The zero-order valence-corrected chi connectivity index (χ0v) is 6.11. The van der Waals surface area contributed by atoms with Crippen LogP contribution >= 0.6 is 0 Å². The third-order valence-electron chi connectivity index (χ3n) is 1.23. The second kappa shape index (κ2) is 3.90. The molecule has 3 heteroatoms. The minimum Gasteiger partial charge on any atom is -0.298 e. The molecule has 0 aromatic carbocycles. The molecule has 0 unspecified atom stereocenters. The Morgan fingerprint density at radius 2 is 2.42 bits per heavy atom. The Morgan fingerprint density at radius 1 is 1.58 bits per heavy atom. The molecule has 0 aliphatic carbocycles. The molecule has 1 heterocycles. The minimum atomic E-state index is 0.452. The number of carbonyl (C=O) groups excluding carboxylic acids is 1. The van der Waals surface area contributed by atoms with Crippen LogP contribution in [0.1, 0.15) is 15.9 Å². The third-order valence-corrected chi connectivity index (χ3v) is 1.23. The molecule has 0 spiro atoms. The predicted octanol–water partition coefficient (Wildman–Crippen LogP) is 0.769. The van der Waals surface area contributed by atoms with Crippen LogP contribution in [0.15, 0.2) is 18.5 Å². The summed E-state index contributed by atoms with van der Waals surface area (Å²) in [4.78, 5) is 14.2. The van der Waals surface area contributed by atoms with E-state index in [0.717, 1.165) is 0 Å². The lowest BCUT2D eigenvalue weighted by Gasteiger charge is -1.91. The van der Waals surface area contributed by atoms with E-state index in [1.807, 2.05) is 0 Å². The number of rotatable bonds is 1. The smallest absolute Gasteiger partial charge is 0.152 e. The van der Waals surface area contributed by atoms with Crippen LogP contribution in [0.2, 0.25) is 0 Å². The molecule has 0 radical (unpaired) electrons. The maximum Gasteiger partial charge on any atom is 0.152 e. The van der Waals surface area contributed by atoms with E-state index in [0.29, 0.717) is 17.4 Å². The van der Waals surface area contributed by atoms with Crippen LogP contribution in [0.4, 0.5) is 0 Å². The summed E-state index contributed by atoms with van der Waals surface area (Å²) in [5, 5.41) is 8.16. The molecule has 0 amide bonds. The molecule has 0 aliphatic rings. The fourth-order valence-electron chi connectivity index (χ4n) is 0.708. The first-order valence-corrected chi connectivity index (χ1v) is 3.18. The number of nitriles is 1. The van der Waals surface area contributed by atoms with E-state index in [1.54, 1.807) is 12.1 Å². The van der Waals surface area contributed by atoms with Gasteiger partial charge in [0, 0.05) is 23.9 Å². The lowest BCUT2D eigenvalue weighted by Crippen LogP contribution is -1.87. The molecule has 56 valence electrons. The maximum atomic E-state index is 10.4. The van der Waals surface area contributed by atoms with Gasteiger partial charge in [-0.3, -0.25) is 9.78 Å². The molecule has 0 saturated heterocycles. The molecular formula is C9H4N2O. The van der Waals surface area contributed by atoms with Gasteiger partial charge in [-0.25, -0.2) is 0 Å². The van der Waals surface area contributed by atoms with Gasteiger partial charge in [0.1, 0.15) is 0 Å². The summed E-state index contributed by atoms with van der Waals surface area (Å²) in [6.07, 6.45) is 3.64. The summed E-state index contributed by atoms with van der Waals surface area (Å²) in [6.45, 7) is 0. The zero-order valence-electron chi connectivity index (χ0n) is 6.11. The van der Waals surface area contributed by atoms with Crippen molar-refractivity contribution in [2.75, 3.05) is 0 Å². The average Bonchev–Trinajstić information content (AvgIpc) is 2.15. The van der Waals surface area contributed by atoms with Gasteiger partial charge < -0.3 is 0 Å². The van der Waals surface area contributed by atoms with Crippen LogP contribution in [0.25, 0.3) is 0 Å². The van der Waals surface area contributed by atoms with Gasteiger partial charge in [0.15, 0.2) is 12.4 Å². The molecule has 12 heavy (non-hydrogen) atoms. The summed E-state index contributed by atoms with van der Waals surface area (Å²) in [7, 11) is 0. The van der Waals surface area contributed by atoms with Crippen LogP contribution in [-0.2, 0) is 0 Å². The predicted molar refractivity (Wildman–Crippen MR) is 42.1 cm³/mol. The van der Waals surface area contributed by atoms with Crippen LogP contribution in [-0.4, -0.2) is 11.3 Å². The van der Waals surface area contributed by atoms with Gasteiger partial charge in [-0.1, -0.05) is 0 Å². The summed E-state index contributed by atoms with van der Waals surface area (Å²) in [5.74, 6) is 4.70. The molecular weight excluding hydrogens is 152 g/mol. The van der Waals surface area contributed by atoms with Crippen molar-refractivity contribution in [2.45, 2.75) is 0 Å². The number of aromatic nitrogens is 1. The number of pyridine rings is 1. The number of nitrogens with zero attached hydrogens (tertiary/aromatic N) is 2. The third kappa shape index (κ3) is 1.68. The normalized spacial score (nSPS) is 7.58. The number of hydrogen-bond acceptors (Lipinski definition) is 3. The lowest BCUT2D eigenvalue weighted by molar-refractivity contribution is 0.112. The van der Waals surface area contributed by atoms with Crippen molar-refractivity contribution in [1.29, 1.82) is 5.26 Å². The van der Waals surface area contributed by atoms with Crippen LogP contribution in [0.3, 0.4) is 0 Å². The Bertz CT molecular complexity index is 393. The monoisotopic (exact) mass is 156 g/mol. The van der Waals surface area contributed by atoms with E-state index < -0.39 is 0 Å². The Labute approximate surface area is 69.7 Å². The van der Waals surface area contributed by atoms with Gasteiger partial charge in [0.2, 0.25) is 0 Å². The second-order valence-electron chi connectivity index (χ2n) is 1.94. The molecule has 0 aliphatic heterocycles. The van der Waals surface area contributed by atoms with E-state index in [-0.39, 0.29) is 0 Å². The molecule has 0 N–H and O–H groups in total. The molecule has 1 aromatic heterocycles. The topological polar surface area (TPSA) is 53.8 Å². The summed E-state index contributed by atoms with van der Waals surface area (Å²) in [6, 6.07) is 3.21. The Balaban J connectivity index is 3.15. The van der Waals surface area contributed by atoms with Crippen molar-refractivity contribution < 1.29 is 4.79 Å². The number of hydrogen-bond donors (Lipinski definition) is 0. The van der Waals surface area contributed by atoms with Crippen molar-refractivity contribution >= 4 is 6.29 Å². The van der Waals surface area contributed by atoms with Crippen molar-refractivity contribution in [3.8, 4) is 17.9 Å². The standard InChI is InChI=1S/C9H4N2O/c10-4-1-2-8-6-11-5-3-9(8)7-12/h3,5-7H. The highest BCUT2D eigenvalue weighted by Gasteiger charge is 1.95. The highest BCUT2D eigenvalue weighted by molar-refractivity contribution is 5.78. The Morgan fingerprint density at radius 3 is 3.08 bits per heavy atom. The molecule has 0 bridgehead atoms. The summed E-state index contributed by atoms with van der Waals surface area (Å²) < 4.78 is 0. The molecule has 0 atom stereocenters. The largest absolute Gasteiger partial charge is 0.298 e. The fourth-order valence-corrected chi connectivity index (χ4v) is 0.708. The van der Waals surface area contributed by atoms with Gasteiger partial charge in [0.25, 0.3) is 0 Å². The molecule has 0 saturated carbocycles. The Hall–Kier alpha value is -2.13. The lowest BCUT2D eigenvalue weighted by atomic mass is 10.2. The van der Waals surface area contributed by atoms with Gasteiger partial charge >= 0.3 is 0 Å². The second-order valence-corrected chi connectivity index (χ2v) is 1.94. The quantitative estimate of drug-likeness (QED) is 0.445. The first-order chi connectivity index (χ1) is 5.88. The average molecular weight is 156 g/mol. The first-order valence-electron chi connectivity index (χ1n) is 3.18. The highest BCUT2D eigenvalue weighted by Crippen LogP contribution is 2.00. The van der Waals surface area contributed by atoms with E-state index >= 15 is 0 Å². The van der Waals surface area contributed by atoms with Gasteiger partial charge in [-0.15, -0.1) is 0 Å². The van der Waals surface area contributed by atoms with Gasteiger partial charge in [-0.2, -0.15) is 5.26 Å². The van der Waals surface area contributed by atoms with Crippen LogP contribution in [0, 0.1) is 23.2 Å². The fraction of sp³-hybridized carbons (Fsp3) is 0. The number of carbonyl (C=O) groups is 1. The van der Waals surface area contributed by atoms with E-state index in [1.165, 1.54) is 12.4 Å². The zero-order chi connectivity index (χ0) is 8.81. The maximum absolute atomic E-state index is 10.4. The number of aldehydes is 1. The highest BCUT2D eigenvalue weighted by atomic mass is 16.1. The van der Waals surface area contributed by atoms with Crippen molar-refractivity contribution in [3.63, 3.8) is 0 Å². The van der Waals surface area contributed by atoms with Crippen LogP contribution < -0.4 is 0 Å².